The third-order valence-corrected chi connectivity index (χ3v) is 8.31. The molecule has 0 bridgehead atoms. The number of nitrogens with one attached hydrogen (secondary N) is 4. The summed E-state index contributed by atoms with van der Waals surface area (Å²) in [5, 5.41) is 32.2. The fourth-order valence-corrected chi connectivity index (χ4v) is 5.16. The molecule has 0 spiro atoms. The van der Waals surface area contributed by atoms with Crippen LogP contribution in [-0.2, 0) is 41.7 Å². The van der Waals surface area contributed by atoms with Gasteiger partial charge in [0, 0.05) is 43.8 Å². The van der Waals surface area contributed by atoms with Crippen molar-refractivity contribution in [1.82, 2.24) is 16.0 Å². The molecule has 20 nitrogen and oxygen atoms in total. The normalized spacial score (nSPS) is 10.9. The molecule has 0 fully saturated rings. The minimum Gasteiger partial charge on any atom is -0.481 e. The van der Waals surface area contributed by atoms with Gasteiger partial charge < -0.3 is 62.6 Å². The van der Waals surface area contributed by atoms with E-state index in [1.165, 1.54) is 40.6 Å². The number of carboxylic acid groups (broad SMARTS) is 1. The number of carbonyl (C=O) groups is 7. The number of amides is 4. The van der Waals surface area contributed by atoms with E-state index in [2.05, 4.69) is 51.3 Å². The maximum Gasteiger partial charge on any atom is 0.514 e. The number of urea groups is 1. The second-order valence-electron chi connectivity index (χ2n) is 12.8. The average Bonchev–Trinajstić information content (AvgIpc) is 3.26. The summed E-state index contributed by atoms with van der Waals surface area (Å²) >= 11 is 0. The number of ether oxygens (including phenoxy) is 2. The van der Waals surface area contributed by atoms with Gasteiger partial charge in [-0.05, 0) is 85.9 Å². The van der Waals surface area contributed by atoms with Gasteiger partial charge in [-0.3, -0.25) is 24.5 Å². The van der Waals surface area contributed by atoms with E-state index in [1.54, 1.807) is 38.4 Å². The SMILES string of the molecule is CN[C@@H](CCC(=O)O)C(N)=O.CN[C@@H](CCCNC(N)=O)C(=O)Nc1ccc(COC(=O)Oc2ccc([N+](=O)[O-])cc2)cc1.NCC=O.O=CCCc1cccc2ccccc12. The molecule has 0 aliphatic carbocycles. The van der Waals surface area contributed by atoms with Gasteiger partial charge in [-0.2, -0.15) is 0 Å². The van der Waals surface area contributed by atoms with Crippen LogP contribution in [0.3, 0.4) is 0 Å². The Morgan fingerprint density at radius 3 is 2.02 bits per heavy atom. The number of nitro benzene ring substituents is 1. The summed E-state index contributed by atoms with van der Waals surface area (Å²) in [6.45, 7) is 0.453. The van der Waals surface area contributed by atoms with Crippen LogP contribution in [0, 0.1) is 10.1 Å². The summed E-state index contributed by atoms with van der Waals surface area (Å²) in [6.07, 6.45) is 3.39. The van der Waals surface area contributed by atoms with E-state index < -0.39 is 41.1 Å². The number of hydrogen-bond acceptors (Lipinski definition) is 14. The molecule has 0 aliphatic rings. The number of non-ortho nitro benzene ring substituents is 1. The van der Waals surface area contributed by atoms with Crippen LogP contribution in [0.15, 0.2) is 91.0 Å². The zero-order valence-corrected chi connectivity index (χ0v) is 34.5. The number of likely N-dealkylation sites (N-methyl/N-ethyl adjacent to an activating group) is 2. The standard InChI is InChI=1S/C21H25N5O7.C13H12O.C6H12N2O3.C2H5NO/c1-23-18(3-2-12-24-20(22)28)19(27)25-15-6-4-14(5-7-15)13-32-21(29)33-17-10-8-16(9-11-17)26(30)31;14-10-4-8-12-7-3-6-11-5-1-2-9-13(11)12;1-8-4(6(7)11)2-3-5(9)10;3-1-2-4/h4-11,18,23H,2-3,12-13H2,1H3,(H,25,27)(H3,22,24,28);1-3,5-7,9-10H,4,8H2;4,8H,2-3H2,1H3,(H2,7,11)(H,9,10);2H,1,3H2/t18-;;4-;/m0.0./s1. The Morgan fingerprint density at radius 2 is 1.47 bits per heavy atom. The fraction of sp³-hybridized carbons (Fsp3) is 0.310. The smallest absolute Gasteiger partial charge is 0.481 e. The Morgan fingerprint density at radius 1 is 0.839 bits per heavy atom. The molecule has 4 rings (SSSR count). The molecule has 11 N–H and O–H groups in total. The Labute approximate surface area is 358 Å². The highest BCUT2D eigenvalue weighted by Gasteiger charge is 2.17. The van der Waals surface area contributed by atoms with Gasteiger partial charge in [0.05, 0.1) is 17.0 Å². The van der Waals surface area contributed by atoms with Crippen LogP contribution in [0.1, 0.15) is 43.2 Å². The van der Waals surface area contributed by atoms with Gasteiger partial charge >= 0.3 is 18.2 Å². The second kappa shape index (κ2) is 30.7. The number of primary amides is 2. The molecule has 4 amide bonds. The molecule has 20 heteroatoms. The zero-order chi connectivity index (χ0) is 46.3. The number of aldehydes is 2. The summed E-state index contributed by atoms with van der Waals surface area (Å²) in [7, 11) is 3.24. The molecule has 0 unspecified atom stereocenters. The second-order valence-corrected chi connectivity index (χ2v) is 12.8. The minimum atomic E-state index is -0.955. The molecule has 0 saturated heterocycles. The van der Waals surface area contributed by atoms with Crippen molar-refractivity contribution in [1.29, 1.82) is 0 Å². The third kappa shape index (κ3) is 22.2. The summed E-state index contributed by atoms with van der Waals surface area (Å²) < 4.78 is 9.99. The number of benzene rings is 4. The number of rotatable bonds is 20. The van der Waals surface area contributed by atoms with E-state index in [4.69, 9.17) is 30.8 Å². The largest absolute Gasteiger partial charge is 0.514 e. The number of anilines is 1. The Kier molecular flexibility index (Phi) is 26.1. The number of fused-ring (bicyclic) bond motifs is 1. The molecule has 334 valence electrons. The van der Waals surface area contributed by atoms with Crippen LogP contribution < -0.4 is 43.2 Å². The number of carboxylic acids is 1. The lowest BCUT2D eigenvalue weighted by atomic mass is 10.0. The summed E-state index contributed by atoms with van der Waals surface area (Å²) in [4.78, 5) is 84.9. The van der Waals surface area contributed by atoms with Gasteiger partial charge in [0.1, 0.15) is 24.9 Å². The van der Waals surface area contributed by atoms with E-state index in [1.807, 2.05) is 18.2 Å². The third-order valence-electron chi connectivity index (χ3n) is 8.31. The first-order valence-electron chi connectivity index (χ1n) is 19.1. The Hall–Kier alpha value is -7.29. The van der Waals surface area contributed by atoms with Crippen LogP contribution in [-0.4, -0.2) is 91.8 Å². The maximum absolute atomic E-state index is 12.4. The number of nitrogens with two attached hydrogens (primary N) is 3. The number of aliphatic carboxylic acids is 1. The van der Waals surface area contributed by atoms with Gasteiger partial charge in [0.15, 0.2) is 0 Å². The Bertz CT molecular complexity index is 2030. The molecule has 0 heterocycles. The summed E-state index contributed by atoms with van der Waals surface area (Å²) in [5.74, 6) is -1.55. The Balaban J connectivity index is 0.000000537. The average molecular weight is 863 g/mol. The van der Waals surface area contributed by atoms with Crippen LogP contribution in [0.5, 0.6) is 5.75 Å². The predicted molar refractivity (Wildman–Crippen MR) is 231 cm³/mol. The number of carbonyl (C=O) groups excluding carboxylic acids is 6. The van der Waals surface area contributed by atoms with Gasteiger partial charge in [0.2, 0.25) is 11.8 Å². The minimum absolute atomic E-state index is 0.0472. The number of nitrogens with zero attached hydrogens (tertiary/aromatic N) is 1. The zero-order valence-electron chi connectivity index (χ0n) is 34.5. The highest BCUT2D eigenvalue weighted by atomic mass is 16.7. The molecule has 0 saturated carbocycles. The molecule has 4 aromatic rings. The lowest BCUT2D eigenvalue weighted by molar-refractivity contribution is -0.384. The fourth-order valence-electron chi connectivity index (χ4n) is 5.16. The van der Waals surface area contributed by atoms with E-state index >= 15 is 0 Å². The molecule has 62 heavy (non-hydrogen) atoms. The quantitative estimate of drug-likeness (QED) is 0.0158. The lowest BCUT2D eigenvalue weighted by Crippen LogP contribution is -2.39. The van der Waals surface area contributed by atoms with Crippen LogP contribution in [0.2, 0.25) is 0 Å². The first kappa shape index (κ1) is 52.7. The van der Waals surface area contributed by atoms with Crippen molar-refractivity contribution in [3.8, 4) is 5.75 Å². The first-order valence-corrected chi connectivity index (χ1v) is 19.1. The number of aryl methyl sites for hydroxylation is 1. The van der Waals surface area contributed by atoms with Crippen LogP contribution >= 0.6 is 0 Å². The highest BCUT2D eigenvalue weighted by Crippen LogP contribution is 2.20. The van der Waals surface area contributed by atoms with Crippen molar-refractivity contribution in [2.45, 2.75) is 57.2 Å². The van der Waals surface area contributed by atoms with Crippen LogP contribution in [0.4, 0.5) is 21.0 Å². The number of nitro groups is 1. The van der Waals surface area contributed by atoms with Crippen molar-refractivity contribution < 1.29 is 53.1 Å². The van der Waals surface area contributed by atoms with Gasteiger partial charge in [0.25, 0.3) is 5.69 Å². The van der Waals surface area contributed by atoms with Crippen molar-refractivity contribution in [3.63, 3.8) is 0 Å². The number of hydrogen-bond donors (Lipinski definition) is 8. The molecule has 4 aromatic carbocycles. The summed E-state index contributed by atoms with van der Waals surface area (Å²) in [5.41, 5.74) is 17.0. The molecule has 0 aromatic heterocycles. The molecule has 0 radical (unpaired) electrons. The predicted octanol–water partition coefficient (Wildman–Crippen LogP) is 3.33. The molecular formula is C42H54N8O12. The molecular weight excluding hydrogens is 809 g/mol. The maximum atomic E-state index is 12.4. The van der Waals surface area contributed by atoms with Gasteiger partial charge in [-0.15, -0.1) is 0 Å². The monoisotopic (exact) mass is 862 g/mol. The van der Waals surface area contributed by atoms with Crippen molar-refractivity contribution in [2.75, 3.05) is 32.5 Å². The van der Waals surface area contributed by atoms with Crippen molar-refractivity contribution >= 4 is 64.7 Å². The van der Waals surface area contributed by atoms with Gasteiger partial charge in [-0.25, -0.2) is 9.59 Å². The van der Waals surface area contributed by atoms with E-state index in [0.29, 0.717) is 43.3 Å². The molecule has 0 aliphatic heterocycles. The lowest BCUT2D eigenvalue weighted by Gasteiger charge is -2.16. The first-order chi connectivity index (χ1) is 29.7. The van der Waals surface area contributed by atoms with E-state index in [9.17, 15) is 38.9 Å². The summed E-state index contributed by atoms with van der Waals surface area (Å²) in [6, 6.07) is 24.6. The highest BCUT2D eigenvalue weighted by molar-refractivity contribution is 5.94. The topological polar surface area (TPSA) is 327 Å². The van der Waals surface area contributed by atoms with Crippen molar-refractivity contribution in [3.05, 3.63) is 112 Å². The van der Waals surface area contributed by atoms with Crippen LogP contribution in [0.25, 0.3) is 10.8 Å². The van der Waals surface area contributed by atoms with E-state index in [0.717, 1.165) is 12.7 Å². The van der Waals surface area contributed by atoms with Crippen molar-refractivity contribution in [2.24, 2.45) is 17.2 Å². The molecule has 2 atom stereocenters. The van der Waals surface area contributed by atoms with Gasteiger partial charge in [-0.1, -0.05) is 54.6 Å². The van der Waals surface area contributed by atoms with E-state index in [-0.39, 0.29) is 43.3 Å².